The van der Waals surface area contributed by atoms with Crippen LogP contribution in [0.15, 0.2) is 12.1 Å². The van der Waals surface area contributed by atoms with Crippen LogP contribution in [0.25, 0.3) is 0 Å². The fraction of sp³-hybridized carbons (Fsp3) is 0.250. The first-order valence-electron chi connectivity index (χ1n) is 3.04. The van der Waals surface area contributed by atoms with Crippen LogP contribution >= 0.6 is 22.6 Å². The lowest BCUT2D eigenvalue weighted by Crippen LogP contribution is -1.89. The molecule has 0 heterocycles. The molecule has 54 valence electrons. The van der Waals surface area contributed by atoms with E-state index in [0.29, 0.717) is 3.57 Å². The minimum Gasteiger partial charge on any atom is -0.206 e. The standard InChI is InChI=1S/C8H8FI/c1-5-3-4-7(10)8(9)6(5)2/h3-4H,1-2H3. The highest BCUT2D eigenvalue weighted by Gasteiger charge is 2.03. The van der Waals surface area contributed by atoms with Gasteiger partial charge >= 0.3 is 0 Å². The Labute approximate surface area is 73.6 Å². The summed E-state index contributed by atoms with van der Waals surface area (Å²) in [6, 6.07) is 3.72. The molecule has 0 aromatic heterocycles. The van der Waals surface area contributed by atoms with E-state index in [4.69, 9.17) is 0 Å². The Morgan fingerprint density at radius 1 is 1.30 bits per heavy atom. The first-order chi connectivity index (χ1) is 4.63. The van der Waals surface area contributed by atoms with Gasteiger partial charge in [0, 0.05) is 3.57 Å². The van der Waals surface area contributed by atoms with Crippen LogP contribution in [0.4, 0.5) is 4.39 Å². The topological polar surface area (TPSA) is 0 Å². The number of benzene rings is 1. The van der Waals surface area contributed by atoms with Crippen molar-refractivity contribution in [1.82, 2.24) is 0 Å². The summed E-state index contributed by atoms with van der Waals surface area (Å²) in [5.74, 6) is -0.0828. The monoisotopic (exact) mass is 250 g/mol. The summed E-state index contributed by atoms with van der Waals surface area (Å²) < 4.78 is 13.7. The van der Waals surface area contributed by atoms with Crippen LogP contribution in [0.2, 0.25) is 0 Å². The fourth-order valence-electron chi connectivity index (χ4n) is 0.749. The quantitative estimate of drug-likeness (QED) is 0.621. The third kappa shape index (κ3) is 1.31. The van der Waals surface area contributed by atoms with E-state index in [1.165, 1.54) is 0 Å². The van der Waals surface area contributed by atoms with Crippen molar-refractivity contribution in [3.8, 4) is 0 Å². The summed E-state index contributed by atoms with van der Waals surface area (Å²) in [7, 11) is 0. The van der Waals surface area contributed by atoms with Gasteiger partial charge in [-0.1, -0.05) is 6.07 Å². The first kappa shape index (κ1) is 7.98. The Morgan fingerprint density at radius 3 is 2.40 bits per heavy atom. The second-order valence-corrected chi connectivity index (χ2v) is 3.47. The molecule has 0 saturated heterocycles. The van der Waals surface area contributed by atoms with Crippen molar-refractivity contribution in [3.05, 3.63) is 32.6 Å². The second-order valence-electron chi connectivity index (χ2n) is 2.30. The summed E-state index contributed by atoms with van der Waals surface area (Å²) in [5.41, 5.74) is 1.77. The van der Waals surface area contributed by atoms with Gasteiger partial charge in [0.15, 0.2) is 0 Å². The molecule has 1 aromatic rings. The van der Waals surface area contributed by atoms with Crippen LogP contribution in [0.3, 0.4) is 0 Å². The lowest BCUT2D eigenvalue weighted by atomic mass is 10.1. The van der Waals surface area contributed by atoms with Gasteiger partial charge in [-0.2, -0.15) is 0 Å². The summed E-state index contributed by atoms with van der Waals surface area (Å²) in [4.78, 5) is 0. The Balaban J connectivity index is 3.34. The molecule has 0 spiro atoms. The van der Waals surface area contributed by atoms with Crippen molar-refractivity contribution in [2.24, 2.45) is 0 Å². The van der Waals surface area contributed by atoms with Crippen LogP contribution in [0.1, 0.15) is 11.1 Å². The molecule has 0 fully saturated rings. The van der Waals surface area contributed by atoms with Gasteiger partial charge < -0.3 is 0 Å². The van der Waals surface area contributed by atoms with E-state index in [2.05, 4.69) is 0 Å². The molecule has 0 aliphatic carbocycles. The van der Waals surface area contributed by atoms with Crippen LogP contribution < -0.4 is 0 Å². The molecule has 10 heavy (non-hydrogen) atoms. The van der Waals surface area contributed by atoms with Gasteiger partial charge in [-0.3, -0.25) is 0 Å². The van der Waals surface area contributed by atoms with Crippen LogP contribution in [0.5, 0.6) is 0 Å². The molecule has 2 heteroatoms. The molecule has 0 atom stereocenters. The van der Waals surface area contributed by atoms with Crippen molar-refractivity contribution in [2.75, 3.05) is 0 Å². The van der Waals surface area contributed by atoms with Gasteiger partial charge in [-0.25, -0.2) is 4.39 Å². The predicted octanol–water partition coefficient (Wildman–Crippen LogP) is 3.05. The molecular weight excluding hydrogens is 242 g/mol. The van der Waals surface area contributed by atoms with Crippen molar-refractivity contribution in [3.63, 3.8) is 0 Å². The minimum atomic E-state index is -0.0828. The molecule has 1 aromatic carbocycles. The van der Waals surface area contributed by atoms with E-state index < -0.39 is 0 Å². The number of hydrogen-bond acceptors (Lipinski definition) is 0. The Kier molecular flexibility index (Phi) is 2.28. The average molecular weight is 250 g/mol. The molecule has 0 aliphatic rings. The molecule has 0 radical (unpaired) electrons. The molecule has 0 nitrogen and oxygen atoms in total. The van der Waals surface area contributed by atoms with Crippen LogP contribution in [0, 0.1) is 23.2 Å². The summed E-state index contributed by atoms with van der Waals surface area (Å²) in [5, 5.41) is 0. The minimum absolute atomic E-state index is 0.0828. The summed E-state index contributed by atoms with van der Waals surface area (Å²) in [6.07, 6.45) is 0. The van der Waals surface area contributed by atoms with Gasteiger partial charge in [0.2, 0.25) is 0 Å². The van der Waals surface area contributed by atoms with E-state index in [1.807, 2.05) is 35.6 Å². The van der Waals surface area contributed by atoms with Gasteiger partial charge in [0.05, 0.1) is 0 Å². The van der Waals surface area contributed by atoms with Gasteiger partial charge in [0.25, 0.3) is 0 Å². The van der Waals surface area contributed by atoms with E-state index in [9.17, 15) is 4.39 Å². The van der Waals surface area contributed by atoms with E-state index in [0.717, 1.165) is 11.1 Å². The number of hydrogen-bond donors (Lipinski definition) is 0. The largest absolute Gasteiger partial charge is 0.206 e. The highest BCUT2D eigenvalue weighted by molar-refractivity contribution is 14.1. The van der Waals surface area contributed by atoms with E-state index in [-0.39, 0.29) is 5.82 Å². The maximum Gasteiger partial charge on any atom is 0.139 e. The average Bonchev–Trinajstić information content (AvgIpc) is 1.93. The predicted molar refractivity (Wildman–Crippen MR) is 48.6 cm³/mol. The van der Waals surface area contributed by atoms with Crippen molar-refractivity contribution < 1.29 is 4.39 Å². The lowest BCUT2D eigenvalue weighted by molar-refractivity contribution is 0.609. The molecule has 0 bridgehead atoms. The first-order valence-corrected chi connectivity index (χ1v) is 4.12. The summed E-state index contributed by atoms with van der Waals surface area (Å²) >= 11 is 1.99. The fourth-order valence-corrected chi connectivity index (χ4v) is 1.33. The maximum absolute atomic E-state index is 13.0. The zero-order chi connectivity index (χ0) is 7.72. The highest BCUT2D eigenvalue weighted by Crippen LogP contribution is 2.17. The Bertz CT molecular complexity index is 229. The van der Waals surface area contributed by atoms with E-state index in [1.54, 1.807) is 13.0 Å². The maximum atomic E-state index is 13.0. The molecule has 0 N–H and O–H groups in total. The number of halogens is 2. The zero-order valence-electron chi connectivity index (χ0n) is 5.91. The van der Waals surface area contributed by atoms with E-state index >= 15 is 0 Å². The normalized spacial score (nSPS) is 10.0. The van der Waals surface area contributed by atoms with Crippen LogP contribution in [-0.4, -0.2) is 0 Å². The molecule has 0 amide bonds. The lowest BCUT2D eigenvalue weighted by Gasteiger charge is -2.01. The van der Waals surface area contributed by atoms with Gasteiger partial charge in [-0.15, -0.1) is 0 Å². The third-order valence-corrected chi connectivity index (χ3v) is 2.44. The number of aryl methyl sites for hydroxylation is 1. The number of rotatable bonds is 0. The summed E-state index contributed by atoms with van der Waals surface area (Å²) in [6.45, 7) is 3.71. The van der Waals surface area contributed by atoms with Crippen molar-refractivity contribution in [1.29, 1.82) is 0 Å². The van der Waals surface area contributed by atoms with Crippen LogP contribution in [-0.2, 0) is 0 Å². The third-order valence-electron chi connectivity index (χ3n) is 1.61. The molecular formula is C8H8FI. The zero-order valence-corrected chi connectivity index (χ0v) is 8.07. The molecule has 0 aliphatic heterocycles. The SMILES string of the molecule is Cc1ccc(I)c(F)c1C. The smallest absolute Gasteiger partial charge is 0.139 e. The second kappa shape index (κ2) is 2.86. The Hall–Kier alpha value is -0.120. The Morgan fingerprint density at radius 2 is 1.90 bits per heavy atom. The van der Waals surface area contributed by atoms with Crippen molar-refractivity contribution in [2.45, 2.75) is 13.8 Å². The highest BCUT2D eigenvalue weighted by atomic mass is 127. The van der Waals surface area contributed by atoms with Gasteiger partial charge in [-0.05, 0) is 53.6 Å². The molecule has 1 rings (SSSR count). The molecule has 0 saturated carbocycles. The molecule has 0 unspecified atom stereocenters. The van der Waals surface area contributed by atoms with Crippen molar-refractivity contribution >= 4 is 22.6 Å². The van der Waals surface area contributed by atoms with Gasteiger partial charge in [0.1, 0.15) is 5.82 Å².